The van der Waals surface area contributed by atoms with Crippen LogP contribution in [0.25, 0.3) is 0 Å². The van der Waals surface area contributed by atoms with Crippen LogP contribution in [0.1, 0.15) is 34.3 Å². The molecule has 200 valence electrons. The predicted molar refractivity (Wildman–Crippen MR) is 158 cm³/mol. The van der Waals surface area contributed by atoms with Crippen molar-refractivity contribution in [1.29, 1.82) is 0 Å². The number of hydrogen-bond acceptors (Lipinski definition) is 6. The molecule has 1 fully saturated rings. The first kappa shape index (κ1) is 28.4. The Balaban J connectivity index is 1.68. The number of hydrogen-bond donors (Lipinski definition) is 3. The topological polar surface area (TPSA) is 117 Å². The Hall–Kier alpha value is -2.58. The minimum absolute atomic E-state index is 0.0761. The number of phenols is 1. The molecule has 3 N–H and O–H groups in total. The van der Waals surface area contributed by atoms with Gasteiger partial charge in [-0.05, 0) is 94.4 Å². The van der Waals surface area contributed by atoms with E-state index in [0.29, 0.717) is 23.8 Å². The van der Waals surface area contributed by atoms with Gasteiger partial charge in [-0.3, -0.25) is 4.79 Å². The number of benzene rings is 3. The number of rotatable bonds is 7. The monoisotopic (exact) mass is 743 g/mol. The highest BCUT2D eigenvalue weighted by atomic mass is 127. The number of aliphatic carboxylic acids is 1. The predicted octanol–water partition coefficient (Wildman–Crippen LogP) is 5.12. The van der Waals surface area contributed by atoms with Crippen molar-refractivity contribution in [2.75, 3.05) is 13.1 Å². The smallest absolute Gasteiger partial charge is 0.393 e. The summed E-state index contributed by atoms with van der Waals surface area (Å²) < 4.78 is 13.3. The lowest BCUT2D eigenvalue weighted by molar-refractivity contribution is -0.255. The van der Waals surface area contributed by atoms with Gasteiger partial charge in [-0.1, -0.05) is 36.4 Å². The SMILES string of the molecule is Cc1ccccc1OC(Oc1ccccc1C)(C(=O)O)C1(O)CCN(C(=O)c2cc(I)c(O)c(I)c2)CC1. The number of aliphatic hydroxyl groups is 1. The number of carboxylic acids is 1. The zero-order chi connectivity index (χ0) is 27.7. The zero-order valence-corrected chi connectivity index (χ0v) is 25.1. The summed E-state index contributed by atoms with van der Waals surface area (Å²) in [6.07, 6.45) is -0.204. The molecule has 1 aliphatic rings. The third-order valence-corrected chi connectivity index (χ3v) is 8.38. The van der Waals surface area contributed by atoms with Crippen LogP contribution in [0, 0.1) is 21.0 Å². The van der Waals surface area contributed by atoms with Crippen molar-refractivity contribution in [2.45, 2.75) is 38.1 Å². The van der Waals surface area contributed by atoms with Crippen molar-refractivity contribution in [1.82, 2.24) is 4.90 Å². The number of carbonyl (C=O) groups excluding carboxylic acids is 1. The fourth-order valence-corrected chi connectivity index (χ4v) is 6.20. The van der Waals surface area contributed by atoms with Gasteiger partial charge in [0.2, 0.25) is 0 Å². The van der Waals surface area contributed by atoms with Gasteiger partial charge in [0.15, 0.2) is 5.60 Å². The Morgan fingerprint density at radius 1 is 0.895 bits per heavy atom. The molecular formula is C28H27I2NO7. The second kappa shape index (κ2) is 11.3. The fraction of sp³-hybridized carbons (Fsp3) is 0.286. The molecule has 4 rings (SSSR count). The van der Waals surface area contributed by atoms with Gasteiger partial charge in [-0.15, -0.1) is 0 Å². The van der Waals surface area contributed by atoms with Crippen molar-refractivity contribution in [3.05, 3.63) is 84.5 Å². The highest BCUT2D eigenvalue weighted by molar-refractivity contribution is 14.1. The highest BCUT2D eigenvalue weighted by Gasteiger charge is 2.63. The molecule has 1 saturated heterocycles. The maximum atomic E-state index is 13.3. The molecule has 0 spiro atoms. The van der Waals surface area contributed by atoms with Gasteiger partial charge in [-0.25, -0.2) is 4.79 Å². The van der Waals surface area contributed by atoms with Crippen molar-refractivity contribution < 1.29 is 34.4 Å². The first-order valence-corrected chi connectivity index (χ1v) is 14.1. The molecule has 38 heavy (non-hydrogen) atoms. The summed E-state index contributed by atoms with van der Waals surface area (Å²) in [6, 6.07) is 17.1. The molecule has 0 saturated carbocycles. The number of phenolic OH excluding ortho intramolecular Hbond substituents is 1. The average Bonchev–Trinajstić information content (AvgIpc) is 2.88. The largest absolute Gasteiger partial charge is 0.506 e. The van der Waals surface area contributed by atoms with E-state index in [9.17, 15) is 24.9 Å². The first-order valence-electron chi connectivity index (χ1n) is 11.9. The van der Waals surface area contributed by atoms with Crippen molar-refractivity contribution in [3.8, 4) is 17.2 Å². The van der Waals surface area contributed by atoms with Crippen LogP contribution < -0.4 is 9.47 Å². The Bertz CT molecular complexity index is 1300. The number of aryl methyl sites for hydroxylation is 2. The van der Waals surface area contributed by atoms with E-state index in [0.717, 1.165) is 0 Å². The molecule has 8 nitrogen and oxygen atoms in total. The van der Waals surface area contributed by atoms with Crippen LogP contribution in [0.2, 0.25) is 0 Å². The van der Waals surface area contributed by atoms with E-state index in [-0.39, 0.29) is 49.1 Å². The summed E-state index contributed by atoms with van der Waals surface area (Å²) in [6.45, 7) is 3.71. The van der Waals surface area contributed by atoms with Crippen molar-refractivity contribution in [3.63, 3.8) is 0 Å². The lowest BCUT2D eigenvalue weighted by atomic mass is 9.82. The van der Waals surface area contributed by atoms with E-state index >= 15 is 0 Å². The lowest BCUT2D eigenvalue weighted by Gasteiger charge is -2.47. The second-order valence-electron chi connectivity index (χ2n) is 9.27. The number of carbonyl (C=O) groups is 2. The molecule has 1 aliphatic heterocycles. The normalized spacial score (nSPS) is 15.1. The Labute approximate surface area is 247 Å². The van der Waals surface area contributed by atoms with E-state index in [1.807, 2.05) is 45.2 Å². The summed E-state index contributed by atoms with van der Waals surface area (Å²) in [5.74, 6) is -3.59. The van der Waals surface area contributed by atoms with Gasteiger partial charge in [-0.2, -0.15) is 0 Å². The zero-order valence-electron chi connectivity index (χ0n) is 20.8. The summed E-state index contributed by atoms with van der Waals surface area (Å²) >= 11 is 3.93. The number of likely N-dealkylation sites (tertiary alicyclic amines) is 1. The number of carboxylic acid groups (broad SMARTS) is 1. The van der Waals surface area contributed by atoms with Crippen molar-refractivity contribution in [2.24, 2.45) is 0 Å². The van der Waals surface area contributed by atoms with E-state index in [1.54, 1.807) is 79.4 Å². The molecule has 0 unspecified atom stereocenters. The maximum absolute atomic E-state index is 13.3. The molecule has 3 aromatic rings. The molecule has 10 heteroatoms. The van der Waals surface area contributed by atoms with Crippen molar-refractivity contribution >= 4 is 57.1 Å². The van der Waals surface area contributed by atoms with E-state index < -0.39 is 17.4 Å². The molecule has 1 heterocycles. The molecule has 3 aromatic carbocycles. The van der Waals surface area contributed by atoms with Gasteiger partial charge in [0.1, 0.15) is 17.2 Å². The molecule has 0 atom stereocenters. The summed E-state index contributed by atoms with van der Waals surface area (Å²) in [5, 5.41) is 32.6. The number of aromatic hydroxyl groups is 1. The number of halogens is 2. The number of piperidine rings is 1. The van der Waals surface area contributed by atoms with Gasteiger partial charge < -0.3 is 29.7 Å². The van der Waals surface area contributed by atoms with E-state index in [4.69, 9.17) is 9.47 Å². The van der Waals surface area contributed by atoms with Gasteiger partial charge >= 0.3 is 11.8 Å². The van der Waals surface area contributed by atoms with Crippen LogP contribution in [0.3, 0.4) is 0 Å². The summed E-state index contributed by atoms with van der Waals surface area (Å²) in [7, 11) is 0. The standard InChI is InChI=1S/C28H27I2NO7/c1-17-7-3-5-9-22(17)37-28(26(34)35,38-23-10-6-4-8-18(23)2)27(36)11-13-31(14-12-27)25(33)19-15-20(29)24(32)21(30)16-19/h3-10,15-16,32,36H,11-14H2,1-2H3,(H,34,35). The second-order valence-corrected chi connectivity index (χ2v) is 11.6. The summed E-state index contributed by atoms with van der Waals surface area (Å²) in [5.41, 5.74) is -0.213. The van der Waals surface area contributed by atoms with Crippen LogP contribution in [0.5, 0.6) is 17.2 Å². The number of ether oxygens (including phenoxy) is 2. The van der Waals surface area contributed by atoms with Crippen LogP contribution in [0.15, 0.2) is 60.7 Å². The van der Waals surface area contributed by atoms with E-state index in [2.05, 4.69) is 0 Å². The molecule has 0 radical (unpaired) electrons. The molecule has 0 aromatic heterocycles. The average molecular weight is 743 g/mol. The lowest BCUT2D eigenvalue weighted by Crippen LogP contribution is -2.69. The first-order chi connectivity index (χ1) is 18.0. The molecule has 1 amide bonds. The van der Waals surface area contributed by atoms with Crippen LogP contribution >= 0.6 is 45.2 Å². The highest BCUT2D eigenvalue weighted by Crippen LogP contribution is 2.41. The van der Waals surface area contributed by atoms with Gasteiger partial charge in [0, 0.05) is 31.5 Å². The Morgan fingerprint density at radius 3 is 1.76 bits per heavy atom. The molecule has 0 bridgehead atoms. The quantitative estimate of drug-likeness (QED) is 0.227. The van der Waals surface area contributed by atoms with Gasteiger partial charge in [0.05, 0.1) is 7.14 Å². The number of amides is 1. The summed E-state index contributed by atoms with van der Waals surface area (Å²) in [4.78, 5) is 27.8. The van der Waals surface area contributed by atoms with Crippen LogP contribution in [-0.4, -0.2) is 56.6 Å². The third kappa shape index (κ3) is 5.43. The number of nitrogens with zero attached hydrogens (tertiary/aromatic N) is 1. The van der Waals surface area contributed by atoms with E-state index in [1.165, 1.54) is 0 Å². The maximum Gasteiger partial charge on any atom is 0.393 e. The Morgan fingerprint density at radius 2 is 1.34 bits per heavy atom. The fourth-order valence-electron chi connectivity index (χ4n) is 4.43. The van der Waals surface area contributed by atoms with Crippen LogP contribution in [0.4, 0.5) is 0 Å². The van der Waals surface area contributed by atoms with Gasteiger partial charge in [0.25, 0.3) is 5.91 Å². The molecule has 0 aliphatic carbocycles. The van der Waals surface area contributed by atoms with Crippen LogP contribution in [-0.2, 0) is 4.79 Å². The minimum Gasteiger partial charge on any atom is -0.506 e. The minimum atomic E-state index is -2.48. The third-order valence-electron chi connectivity index (χ3n) is 6.73. The molecular weight excluding hydrogens is 716 g/mol. The number of para-hydroxylation sites is 2. The Kier molecular flexibility index (Phi) is 8.43.